The maximum Gasteiger partial charge on any atom is 0.308 e. The summed E-state index contributed by atoms with van der Waals surface area (Å²) in [7, 11) is 0. The molecule has 0 aromatic heterocycles. The van der Waals surface area contributed by atoms with Gasteiger partial charge in [0.05, 0.1) is 24.5 Å². The number of aliphatic carboxylic acids is 1. The molecule has 0 saturated carbocycles. The average molecular weight is 315 g/mol. The van der Waals surface area contributed by atoms with Crippen LogP contribution in [0.5, 0.6) is 0 Å². The van der Waals surface area contributed by atoms with E-state index >= 15 is 0 Å². The van der Waals surface area contributed by atoms with Crippen molar-refractivity contribution in [3.8, 4) is 0 Å². The van der Waals surface area contributed by atoms with Crippen LogP contribution >= 0.6 is 0 Å². The standard InChI is InChI=1S/C15H25NO6/c1-8(2)11(15(20)21)6-13(18)12(16-10(5)17)7-14(19)22-9(3)4/h8-9,11-12H,6-7H2,1-5H3,(H,16,17)(H,20,21). The molecule has 2 N–H and O–H groups in total. The minimum Gasteiger partial charge on any atom is -0.481 e. The highest BCUT2D eigenvalue weighted by atomic mass is 16.5. The minimum absolute atomic E-state index is 0.234. The van der Waals surface area contributed by atoms with Crippen molar-refractivity contribution in [3.05, 3.63) is 0 Å². The Morgan fingerprint density at radius 1 is 1.05 bits per heavy atom. The van der Waals surface area contributed by atoms with Gasteiger partial charge in [0, 0.05) is 13.3 Å². The Morgan fingerprint density at radius 3 is 1.95 bits per heavy atom. The van der Waals surface area contributed by atoms with Crippen LogP contribution in [0.2, 0.25) is 0 Å². The predicted molar refractivity (Wildman–Crippen MR) is 79.0 cm³/mol. The molecule has 0 radical (unpaired) electrons. The molecule has 0 aromatic rings. The minimum atomic E-state index is -1.07. The molecule has 0 fully saturated rings. The number of rotatable bonds is 9. The molecule has 0 spiro atoms. The van der Waals surface area contributed by atoms with E-state index < -0.39 is 35.6 Å². The number of carboxylic acid groups (broad SMARTS) is 1. The second-order valence-corrected chi connectivity index (χ2v) is 5.86. The normalized spacial score (nSPS) is 13.6. The highest BCUT2D eigenvalue weighted by molar-refractivity contribution is 5.93. The highest BCUT2D eigenvalue weighted by Crippen LogP contribution is 2.17. The maximum absolute atomic E-state index is 12.2. The van der Waals surface area contributed by atoms with Gasteiger partial charge in [0.1, 0.15) is 0 Å². The molecule has 0 bridgehead atoms. The molecule has 7 nitrogen and oxygen atoms in total. The summed E-state index contributed by atoms with van der Waals surface area (Å²) in [5.74, 6) is -3.73. The largest absolute Gasteiger partial charge is 0.481 e. The zero-order chi connectivity index (χ0) is 17.4. The first-order chi connectivity index (χ1) is 10.0. The fourth-order valence-electron chi connectivity index (χ4n) is 1.94. The van der Waals surface area contributed by atoms with E-state index in [4.69, 9.17) is 9.84 Å². The van der Waals surface area contributed by atoms with Gasteiger partial charge in [-0.05, 0) is 19.8 Å². The number of ketones is 1. The molecule has 0 heterocycles. The predicted octanol–water partition coefficient (Wildman–Crippen LogP) is 1.15. The fourth-order valence-corrected chi connectivity index (χ4v) is 1.94. The van der Waals surface area contributed by atoms with Crippen molar-refractivity contribution in [3.63, 3.8) is 0 Å². The molecule has 7 heteroatoms. The number of carbonyl (C=O) groups excluding carboxylic acids is 3. The van der Waals surface area contributed by atoms with Gasteiger partial charge in [-0.25, -0.2) is 0 Å². The molecule has 2 unspecified atom stereocenters. The summed E-state index contributed by atoms with van der Waals surface area (Å²) in [6, 6.07) is -1.07. The Morgan fingerprint density at radius 2 is 1.59 bits per heavy atom. The van der Waals surface area contributed by atoms with E-state index in [0.29, 0.717) is 0 Å². The number of ether oxygens (including phenoxy) is 1. The molecular formula is C15H25NO6. The first-order valence-corrected chi connectivity index (χ1v) is 7.26. The zero-order valence-corrected chi connectivity index (χ0v) is 13.7. The van der Waals surface area contributed by atoms with Gasteiger partial charge in [-0.15, -0.1) is 0 Å². The molecule has 0 saturated heterocycles. The molecule has 1 amide bonds. The summed E-state index contributed by atoms with van der Waals surface area (Å²) in [6.07, 6.45) is -0.878. The van der Waals surface area contributed by atoms with Crippen LogP contribution in [0, 0.1) is 11.8 Å². The third-order valence-electron chi connectivity index (χ3n) is 3.05. The Bertz CT molecular complexity index is 430. The van der Waals surface area contributed by atoms with Crippen LogP contribution in [0.4, 0.5) is 0 Å². The lowest BCUT2D eigenvalue weighted by atomic mass is 9.88. The first-order valence-electron chi connectivity index (χ1n) is 7.26. The number of amides is 1. The van der Waals surface area contributed by atoms with Gasteiger partial charge in [-0.3, -0.25) is 19.2 Å². The van der Waals surface area contributed by atoms with Gasteiger partial charge < -0.3 is 15.2 Å². The fraction of sp³-hybridized carbons (Fsp3) is 0.733. The lowest BCUT2D eigenvalue weighted by Gasteiger charge is -2.20. The number of carbonyl (C=O) groups is 4. The van der Waals surface area contributed by atoms with E-state index in [-0.39, 0.29) is 24.9 Å². The number of hydrogen-bond donors (Lipinski definition) is 2. The summed E-state index contributed by atoms with van der Waals surface area (Å²) in [4.78, 5) is 46.2. The van der Waals surface area contributed by atoms with E-state index in [1.54, 1.807) is 27.7 Å². The van der Waals surface area contributed by atoms with Crippen LogP contribution in [0.15, 0.2) is 0 Å². The smallest absolute Gasteiger partial charge is 0.308 e. The number of carboxylic acids is 1. The highest BCUT2D eigenvalue weighted by Gasteiger charge is 2.30. The van der Waals surface area contributed by atoms with Crippen molar-refractivity contribution in [2.24, 2.45) is 11.8 Å². The van der Waals surface area contributed by atoms with Gasteiger partial charge >= 0.3 is 11.9 Å². The molecule has 0 aliphatic carbocycles. The maximum atomic E-state index is 12.2. The van der Waals surface area contributed by atoms with Crippen molar-refractivity contribution in [2.45, 2.75) is 59.6 Å². The van der Waals surface area contributed by atoms with Crippen molar-refractivity contribution < 1.29 is 29.0 Å². The number of hydrogen-bond acceptors (Lipinski definition) is 5. The SMILES string of the molecule is CC(=O)NC(CC(=O)OC(C)C)C(=O)CC(C(=O)O)C(C)C. The monoisotopic (exact) mass is 315 g/mol. The molecule has 0 rings (SSSR count). The van der Waals surface area contributed by atoms with Crippen LogP contribution in [0.3, 0.4) is 0 Å². The van der Waals surface area contributed by atoms with Gasteiger partial charge in [0.25, 0.3) is 0 Å². The summed E-state index contributed by atoms with van der Waals surface area (Å²) >= 11 is 0. The average Bonchev–Trinajstić information content (AvgIpc) is 2.32. The van der Waals surface area contributed by atoms with Gasteiger partial charge in [-0.1, -0.05) is 13.8 Å². The molecular weight excluding hydrogens is 290 g/mol. The second-order valence-electron chi connectivity index (χ2n) is 5.86. The molecule has 126 valence electrons. The molecule has 0 aliphatic heterocycles. The summed E-state index contributed by atoms with van der Waals surface area (Å²) in [5, 5.41) is 11.5. The van der Waals surface area contributed by atoms with E-state index in [0.717, 1.165) is 0 Å². The van der Waals surface area contributed by atoms with E-state index in [1.807, 2.05) is 0 Å². The van der Waals surface area contributed by atoms with Crippen LogP contribution in [-0.2, 0) is 23.9 Å². The van der Waals surface area contributed by atoms with Crippen molar-refractivity contribution >= 4 is 23.6 Å². The molecule has 2 atom stereocenters. The van der Waals surface area contributed by atoms with Crippen molar-refractivity contribution in [1.82, 2.24) is 5.32 Å². The summed E-state index contributed by atoms with van der Waals surface area (Å²) < 4.78 is 4.95. The van der Waals surface area contributed by atoms with Crippen molar-refractivity contribution in [1.29, 1.82) is 0 Å². The number of nitrogens with one attached hydrogen (secondary N) is 1. The Labute approximate surface area is 130 Å². The molecule has 22 heavy (non-hydrogen) atoms. The molecule has 0 aromatic carbocycles. The third kappa shape index (κ3) is 7.75. The van der Waals surface area contributed by atoms with Gasteiger partial charge in [0.2, 0.25) is 5.91 Å². The lowest BCUT2D eigenvalue weighted by Crippen LogP contribution is -2.43. The van der Waals surface area contributed by atoms with E-state index in [1.165, 1.54) is 6.92 Å². The summed E-state index contributed by atoms with van der Waals surface area (Å²) in [6.45, 7) is 7.98. The van der Waals surface area contributed by atoms with Crippen LogP contribution in [-0.4, -0.2) is 40.9 Å². The lowest BCUT2D eigenvalue weighted by molar-refractivity contribution is -0.149. The van der Waals surface area contributed by atoms with Crippen LogP contribution in [0.25, 0.3) is 0 Å². The van der Waals surface area contributed by atoms with Gasteiger partial charge in [-0.2, -0.15) is 0 Å². The number of Topliss-reactive ketones (excluding diaryl/α,β-unsaturated/α-hetero) is 1. The Kier molecular flexibility index (Phi) is 8.37. The van der Waals surface area contributed by atoms with E-state index in [2.05, 4.69) is 5.32 Å². The number of esters is 1. The Hall–Kier alpha value is -1.92. The third-order valence-corrected chi connectivity index (χ3v) is 3.05. The topological polar surface area (TPSA) is 110 Å². The first kappa shape index (κ1) is 20.1. The van der Waals surface area contributed by atoms with Crippen LogP contribution in [0.1, 0.15) is 47.5 Å². The van der Waals surface area contributed by atoms with Crippen LogP contribution < -0.4 is 5.32 Å². The molecule has 0 aliphatic rings. The quantitative estimate of drug-likeness (QED) is 0.618. The summed E-state index contributed by atoms with van der Waals surface area (Å²) in [5.41, 5.74) is 0. The Balaban J connectivity index is 4.93. The van der Waals surface area contributed by atoms with Gasteiger partial charge in [0.15, 0.2) is 5.78 Å². The second kappa shape index (κ2) is 9.17. The van der Waals surface area contributed by atoms with Crippen molar-refractivity contribution in [2.75, 3.05) is 0 Å². The zero-order valence-electron chi connectivity index (χ0n) is 13.7. The van der Waals surface area contributed by atoms with E-state index in [9.17, 15) is 19.2 Å².